The molecule has 0 N–H and O–H groups in total. The number of ketones is 1. The van der Waals surface area contributed by atoms with Crippen molar-refractivity contribution in [2.45, 2.75) is 11.8 Å². The second kappa shape index (κ2) is 5.77. The summed E-state index contributed by atoms with van der Waals surface area (Å²) in [5.41, 5.74) is 6.74. The topological polar surface area (TPSA) is 17.1 Å². The third-order valence-corrected chi connectivity index (χ3v) is 6.23. The van der Waals surface area contributed by atoms with Crippen LogP contribution in [0.4, 0.5) is 0 Å². The highest BCUT2D eigenvalue weighted by Gasteiger charge is 2.48. The van der Waals surface area contributed by atoms with Crippen molar-refractivity contribution in [1.82, 2.24) is 0 Å². The van der Waals surface area contributed by atoms with Gasteiger partial charge in [-0.2, -0.15) is 0 Å². The zero-order valence-corrected chi connectivity index (χ0v) is 15.3. The van der Waals surface area contributed by atoms with Crippen molar-refractivity contribution in [2.75, 3.05) is 0 Å². The van der Waals surface area contributed by atoms with E-state index in [0.29, 0.717) is 0 Å². The lowest BCUT2D eigenvalue weighted by Crippen LogP contribution is -2.13. The lowest BCUT2D eigenvalue weighted by atomic mass is 9.82. The molecule has 2 unspecified atom stereocenters. The fraction of sp³-hybridized carbons (Fsp3) is 0.0741. The fourth-order valence-corrected chi connectivity index (χ4v) is 5.16. The number of hydrogen-bond acceptors (Lipinski definition) is 1. The number of allylic oxidation sites excluding steroid dienone is 2. The van der Waals surface area contributed by atoms with Crippen molar-refractivity contribution in [2.24, 2.45) is 0 Å². The number of carbonyl (C=O) groups excluding carboxylic acids is 1. The minimum absolute atomic E-state index is 0.0891. The Morgan fingerprint density at radius 1 is 0.607 bits per heavy atom. The molecule has 0 radical (unpaired) electrons. The molecule has 2 aliphatic rings. The molecule has 28 heavy (non-hydrogen) atoms. The second-order valence-electron chi connectivity index (χ2n) is 7.64. The maximum Gasteiger partial charge on any atom is 0.172 e. The molecule has 0 aliphatic heterocycles. The van der Waals surface area contributed by atoms with E-state index in [9.17, 15) is 4.79 Å². The fourth-order valence-electron chi connectivity index (χ4n) is 5.16. The molecule has 1 heteroatoms. The molecular formula is C27H18O. The molecular weight excluding hydrogens is 340 g/mol. The molecule has 1 nitrogen and oxygen atoms in total. The van der Waals surface area contributed by atoms with Gasteiger partial charge in [-0.1, -0.05) is 97.1 Å². The molecule has 0 saturated carbocycles. The lowest BCUT2D eigenvalue weighted by molar-refractivity contribution is -0.114. The predicted octanol–water partition coefficient (Wildman–Crippen LogP) is 6.21. The first-order valence-corrected chi connectivity index (χ1v) is 9.75. The molecule has 2 atom stereocenters. The summed E-state index contributed by atoms with van der Waals surface area (Å²) >= 11 is 0. The van der Waals surface area contributed by atoms with Crippen molar-refractivity contribution in [3.8, 4) is 0 Å². The van der Waals surface area contributed by atoms with Gasteiger partial charge in [0.2, 0.25) is 0 Å². The van der Waals surface area contributed by atoms with Crippen LogP contribution in [0.15, 0.2) is 97.1 Å². The Balaban J connectivity index is 1.70. The Labute approximate surface area is 164 Å². The molecule has 0 aromatic heterocycles. The summed E-state index contributed by atoms with van der Waals surface area (Å²) in [5.74, 6) is 0.166. The normalized spacial score (nSPS) is 20.1. The molecule has 0 bridgehead atoms. The minimum Gasteiger partial charge on any atom is -0.293 e. The molecule has 0 amide bonds. The zero-order chi connectivity index (χ0) is 18.7. The number of rotatable bonds is 2. The summed E-state index contributed by atoms with van der Waals surface area (Å²) in [7, 11) is 0. The van der Waals surface area contributed by atoms with Crippen LogP contribution in [-0.4, -0.2) is 5.78 Å². The summed E-state index contributed by atoms with van der Waals surface area (Å²) in [4.78, 5) is 13.8. The van der Waals surface area contributed by atoms with E-state index in [1.165, 1.54) is 27.5 Å². The number of Topliss-reactive ketones (excluding diaryl/α,β-unsaturated/α-hetero) is 1. The second-order valence-corrected chi connectivity index (χ2v) is 7.64. The highest BCUT2D eigenvalue weighted by molar-refractivity contribution is 6.37. The lowest BCUT2D eigenvalue weighted by Gasteiger charge is -2.19. The summed E-state index contributed by atoms with van der Waals surface area (Å²) in [5, 5.41) is 2.57. The molecule has 0 spiro atoms. The SMILES string of the molecule is O=C1C(c2ccccc2)=C2c3cccc4cccc(c34)C2C1c1ccccc1. The van der Waals surface area contributed by atoms with Crippen LogP contribution >= 0.6 is 0 Å². The third-order valence-electron chi connectivity index (χ3n) is 6.23. The Hall–Kier alpha value is -3.45. The van der Waals surface area contributed by atoms with E-state index < -0.39 is 0 Å². The van der Waals surface area contributed by atoms with Gasteiger partial charge in [-0.3, -0.25) is 4.79 Å². The third kappa shape index (κ3) is 1.99. The molecule has 0 heterocycles. The van der Waals surface area contributed by atoms with E-state index in [1.54, 1.807) is 0 Å². The van der Waals surface area contributed by atoms with Crippen molar-refractivity contribution >= 4 is 27.7 Å². The van der Waals surface area contributed by atoms with Gasteiger partial charge < -0.3 is 0 Å². The van der Waals surface area contributed by atoms with Crippen molar-refractivity contribution in [3.63, 3.8) is 0 Å². The van der Waals surface area contributed by atoms with Gasteiger partial charge in [-0.15, -0.1) is 0 Å². The monoisotopic (exact) mass is 358 g/mol. The molecule has 0 fully saturated rings. The molecule has 6 rings (SSSR count). The van der Waals surface area contributed by atoms with Crippen molar-refractivity contribution < 1.29 is 4.79 Å². The Morgan fingerprint density at radius 2 is 1.29 bits per heavy atom. The maximum atomic E-state index is 13.8. The van der Waals surface area contributed by atoms with Gasteiger partial charge >= 0.3 is 0 Å². The van der Waals surface area contributed by atoms with Gasteiger partial charge in [-0.25, -0.2) is 0 Å². The minimum atomic E-state index is -0.163. The molecule has 132 valence electrons. The number of benzene rings is 4. The summed E-state index contributed by atoms with van der Waals surface area (Å²) in [6, 6.07) is 33.4. The molecule has 0 saturated heterocycles. The van der Waals surface area contributed by atoms with Crippen LogP contribution in [0.1, 0.15) is 34.1 Å². The van der Waals surface area contributed by atoms with Crippen LogP contribution in [0.3, 0.4) is 0 Å². The number of fused-ring (bicyclic) bond motifs is 3. The quantitative estimate of drug-likeness (QED) is 0.416. The number of hydrogen-bond donors (Lipinski definition) is 0. The van der Waals surface area contributed by atoms with Crippen LogP contribution < -0.4 is 0 Å². The van der Waals surface area contributed by atoms with Gasteiger partial charge in [0.05, 0.1) is 5.92 Å². The standard InChI is InChI=1S/C27H18O/c28-27-23(18-9-3-1-4-10-18)25-20-15-7-13-17-14-8-16-21(22(17)20)26(25)24(27)19-11-5-2-6-12-19/h1-16,23,25H. The van der Waals surface area contributed by atoms with Crippen LogP contribution in [0.2, 0.25) is 0 Å². The average molecular weight is 358 g/mol. The van der Waals surface area contributed by atoms with Gasteiger partial charge in [0, 0.05) is 11.5 Å². The van der Waals surface area contributed by atoms with Crippen LogP contribution in [0.5, 0.6) is 0 Å². The van der Waals surface area contributed by atoms with E-state index in [2.05, 4.69) is 60.7 Å². The van der Waals surface area contributed by atoms with Gasteiger partial charge in [0.25, 0.3) is 0 Å². The van der Waals surface area contributed by atoms with E-state index >= 15 is 0 Å². The largest absolute Gasteiger partial charge is 0.293 e. The smallest absolute Gasteiger partial charge is 0.172 e. The van der Waals surface area contributed by atoms with Crippen LogP contribution in [-0.2, 0) is 4.79 Å². The average Bonchev–Trinajstić information content (AvgIpc) is 3.23. The zero-order valence-electron chi connectivity index (χ0n) is 15.3. The summed E-state index contributed by atoms with van der Waals surface area (Å²) in [6.45, 7) is 0. The first kappa shape index (κ1) is 15.6. The molecule has 4 aromatic carbocycles. The summed E-state index contributed by atoms with van der Waals surface area (Å²) < 4.78 is 0. The van der Waals surface area contributed by atoms with E-state index in [0.717, 1.165) is 16.7 Å². The van der Waals surface area contributed by atoms with Gasteiger partial charge in [0.15, 0.2) is 5.78 Å². The molecule has 2 aliphatic carbocycles. The van der Waals surface area contributed by atoms with Crippen LogP contribution in [0, 0.1) is 0 Å². The predicted molar refractivity (Wildman–Crippen MR) is 114 cm³/mol. The highest BCUT2D eigenvalue weighted by Crippen LogP contribution is 2.60. The van der Waals surface area contributed by atoms with E-state index in [4.69, 9.17) is 0 Å². The van der Waals surface area contributed by atoms with Crippen LogP contribution in [0.25, 0.3) is 21.9 Å². The summed E-state index contributed by atoms with van der Waals surface area (Å²) in [6.07, 6.45) is 0. The van der Waals surface area contributed by atoms with Crippen molar-refractivity contribution in [1.29, 1.82) is 0 Å². The first-order chi connectivity index (χ1) is 13.8. The Kier molecular flexibility index (Phi) is 3.21. The Morgan fingerprint density at radius 3 is 2.04 bits per heavy atom. The molecule has 4 aromatic rings. The maximum absolute atomic E-state index is 13.8. The highest BCUT2D eigenvalue weighted by atomic mass is 16.1. The van der Waals surface area contributed by atoms with E-state index in [1.807, 2.05) is 36.4 Å². The van der Waals surface area contributed by atoms with Crippen molar-refractivity contribution in [3.05, 3.63) is 119 Å². The van der Waals surface area contributed by atoms with Gasteiger partial charge in [-0.05, 0) is 38.6 Å². The first-order valence-electron chi connectivity index (χ1n) is 9.75. The van der Waals surface area contributed by atoms with E-state index in [-0.39, 0.29) is 17.6 Å². The Bertz CT molecular complexity index is 1260. The number of carbonyl (C=O) groups is 1. The van der Waals surface area contributed by atoms with Gasteiger partial charge in [0.1, 0.15) is 0 Å².